The lowest BCUT2D eigenvalue weighted by atomic mass is 10.0. The SMILES string of the molecule is CCC(N)C(Oc1cccc(C)c1)c1ccsc1. The lowest BCUT2D eigenvalue weighted by Crippen LogP contribution is -2.31. The van der Waals surface area contributed by atoms with Gasteiger partial charge < -0.3 is 10.5 Å². The van der Waals surface area contributed by atoms with Crippen LogP contribution in [0.2, 0.25) is 0 Å². The van der Waals surface area contributed by atoms with E-state index in [9.17, 15) is 0 Å². The van der Waals surface area contributed by atoms with Crippen LogP contribution in [0.15, 0.2) is 41.1 Å². The summed E-state index contributed by atoms with van der Waals surface area (Å²) in [4.78, 5) is 0. The van der Waals surface area contributed by atoms with Gasteiger partial charge in [-0.05, 0) is 47.9 Å². The Balaban J connectivity index is 2.20. The Morgan fingerprint density at radius 3 is 2.78 bits per heavy atom. The molecule has 2 N–H and O–H groups in total. The summed E-state index contributed by atoms with van der Waals surface area (Å²) in [5, 5.41) is 4.17. The van der Waals surface area contributed by atoms with Crippen molar-refractivity contribution in [2.75, 3.05) is 0 Å². The molecule has 0 saturated heterocycles. The molecule has 2 unspecified atom stereocenters. The molecular formula is C15H19NOS. The van der Waals surface area contributed by atoms with Crippen LogP contribution in [0.25, 0.3) is 0 Å². The van der Waals surface area contributed by atoms with Gasteiger partial charge in [0.05, 0.1) is 0 Å². The van der Waals surface area contributed by atoms with Gasteiger partial charge in [-0.2, -0.15) is 11.3 Å². The van der Waals surface area contributed by atoms with Crippen LogP contribution >= 0.6 is 11.3 Å². The minimum atomic E-state index is -0.0666. The van der Waals surface area contributed by atoms with Crippen LogP contribution in [0.3, 0.4) is 0 Å². The highest BCUT2D eigenvalue weighted by Gasteiger charge is 2.20. The quantitative estimate of drug-likeness (QED) is 0.885. The monoisotopic (exact) mass is 261 g/mol. The number of hydrogen-bond acceptors (Lipinski definition) is 3. The number of nitrogens with two attached hydrogens (primary N) is 1. The molecule has 0 fully saturated rings. The Hall–Kier alpha value is -1.32. The second-order valence-corrected chi connectivity index (χ2v) is 5.26. The molecule has 1 heterocycles. The molecule has 0 amide bonds. The molecular weight excluding hydrogens is 242 g/mol. The van der Waals surface area contributed by atoms with E-state index in [2.05, 4.69) is 36.7 Å². The van der Waals surface area contributed by atoms with Gasteiger partial charge in [-0.15, -0.1) is 0 Å². The van der Waals surface area contributed by atoms with E-state index in [1.807, 2.05) is 18.2 Å². The molecule has 0 spiro atoms. The highest BCUT2D eigenvalue weighted by molar-refractivity contribution is 7.07. The smallest absolute Gasteiger partial charge is 0.140 e. The summed E-state index contributed by atoms with van der Waals surface area (Å²) in [6.45, 7) is 4.15. The fourth-order valence-corrected chi connectivity index (χ4v) is 2.57. The van der Waals surface area contributed by atoms with Crippen molar-refractivity contribution < 1.29 is 4.74 Å². The standard InChI is InChI=1S/C15H19NOS/c1-3-14(16)15(12-7-8-18-10-12)17-13-6-4-5-11(2)9-13/h4-10,14-15H,3,16H2,1-2H3. The molecule has 1 aromatic heterocycles. The van der Waals surface area contributed by atoms with Crippen LogP contribution in [0.1, 0.15) is 30.6 Å². The third-order valence-corrected chi connectivity index (χ3v) is 3.69. The predicted octanol–water partition coefficient (Wildman–Crippen LogP) is 3.91. The van der Waals surface area contributed by atoms with Gasteiger partial charge in [0.1, 0.15) is 11.9 Å². The first-order valence-corrected chi connectivity index (χ1v) is 7.16. The lowest BCUT2D eigenvalue weighted by molar-refractivity contribution is 0.171. The number of ether oxygens (including phenoxy) is 1. The second kappa shape index (κ2) is 6.03. The fourth-order valence-electron chi connectivity index (χ4n) is 1.89. The van der Waals surface area contributed by atoms with E-state index >= 15 is 0 Å². The molecule has 0 aliphatic rings. The third-order valence-electron chi connectivity index (χ3n) is 2.98. The summed E-state index contributed by atoms with van der Waals surface area (Å²) >= 11 is 1.67. The van der Waals surface area contributed by atoms with Crippen molar-refractivity contribution >= 4 is 11.3 Å². The van der Waals surface area contributed by atoms with Crippen LogP contribution in [0, 0.1) is 6.92 Å². The normalized spacial score (nSPS) is 14.2. The van der Waals surface area contributed by atoms with Gasteiger partial charge in [-0.1, -0.05) is 19.1 Å². The molecule has 2 atom stereocenters. The second-order valence-electron chi connectivity index (χ2n) is 4.48. The lowest BCUT2D eigenvalue weighted by Gasteiger charge is -2.24. The number of hydrogen-bond donors (Lipinski definition) is 1. The summed E-state index contributed by atoms with van der Waals surface area (Å²) in [5.41, 5.74) is 8.53. The number of benzene rings is 1. The molecule has 3 heteroatoms. The number of rotatable bonds is 5. The number of aryl methyl sites for hydroxylation is 1. The minimum absolute atomic E-state index is 0.0140. The molecule has 2 aromatic rings. The molecule has 0 aliphatic heterocycles. The molecule has 18 heavy (non-hydrogen) atoms. The number of thiophene rings is 1. The zero-order chi connectivity index (χ0) is 13.0. The Bertz CT molecular complexity index is 481. The topological polar surface area (TPSA) is 35.2 Å². The molecule has 0 radical (unpaired) electrons. The van der Waals surface area contributed by atoms with Crippen LogP contribution in [0.5, 0.6) is 5.75 Å². The molecule has 1 aromatic carbocycles. The van der Waals surface area contributed by atoms with Crippen LogP contribution in [-0.2, 0) is 0 Å². The molecule has 2 nitrogen and oxygen atoms in total. The Kier molecular flexibility index (Phi) is 4.39. The van der Waals surface area contributed by atoms with E-state index in [1.54, 1.807) is 11.3 Å². The van der Waals surface area contributed by atoms with Crippen molar-refractivity contribution in [3.63, 3.8) is 0 Å². The van der Waals surface area contributed by atoms with Gasteiger partial charge in [0.15, 0.2) is 0 Å². The maximum Gasteiger partial charge on any atom is 0.140 e. The van der Waals surface area contributed by atoms with E-state index in [4.69, 9.17) is 10.5 Å². The summed E-state index contributed by atoms with van der Waals surface area (Å²) < 4.78 is 6.07. The summed E-state index contributed by atoms with van der Waals surface area (Å²) in [6.07, 6.45) is 0.829. The molecule has 0 bridgehead atoms. The van der Waals surface area contributed by atoms with Gasteiger partial charge >= 0.3 is 0 Å². The van der Waals surface area contributed by atoms with Gasteiger partial charge in [0, 0.05) is 11.6 Å². The van der Waals surface area contributed by atoms with Gasteiger partial charge in [0.25, 0.3) is 0 Å². The molecule has 0 saturated carbocycles. The van der Waals surface area contributed by atoms with Crippen LogP contribution in [0.4, 0.5) is 0 Å². The fraction of sp³-hybridized carbons (Fsp3) is 0.333. The molecule has 0 aliphatic carbocycles. The predicted molar refractivity (Wildman–Crippen MR) is 77.1 cm³/mol. The van der Waals surface area contributed by atoms with E-state index in [-0.39, 0.29) is 12.1 Å². The van der Waals surface area contributed by atoms with Gasteiger partial charge in [0.2, 0.25) is 0 Å². The van der Waals surface area contributed by atoms with Crippen molar-refractivity contribution in [2.24, 2.45) is 5.73 Å². The minimum Gasteiger partial charge on any atom is -0.484 e. The Labute approximate surface area is 112 Å². The van der Waals surface area contributed by atoms with E-state index in [1.165, 1.54) is 5.56 Å². The maximum atomic E-state index is 6.17. The van der Waals surface area contributed by atoms with Crippen molar-refractivity contribution in [1.29, 1.82) is 0 Å². The van der Waals surface area contributed by atoms with Crippen molar-refractivity contribution in [1.82, 2.24) is 0 Å². The average molecular weight is 261 g/mol. The highest BCUT2D eigenvalue weighted by Crippen LogP contribution is 2.27. The molecule has 2 rings (SSSR count). The van der Waals surface area contributed by atoms with Crippen molar-refractivity contribution in [3.8, 4) is 5.75 Å². The summed E-state index contributed by atoms with van der Waals surface area (Å²) in [6, 6.07) is 10.2. The Morgan fingerprint density at radius 2 is 2.17 bits per heavy atom. The zero-order valence-corrected chi connectivity index (χ0v) is 11.6. The Morgan fingerprint density at radius 1 is 1.33 bits per heavy atom. The first-order chi connectivity index (χ1) is 8.70. The average Bonchev–Trinajstić information content (AvgIpc) is 2.89. The maximum absolute atomic E-state index is 6.17. The first-order valence-electron chi connectivity index (χ1n) is 6.21. The molecule has 96 valence electrons. The van der Waals surface area contributed by atoms with Crippen molar-refractivity contribution in [2.45, 2.75) is 32.4 Å². The van der Waals surface area contributed by atoms with Crippen molar-refractivity contribution in [3.05, 3.63) is 52.2 Å². The summed E-state index contributed by atoms with van der Waals surface area (Å²) in [5.74, 6) is 0.884. The van der Waals surface area contributed by atoms with Crippen LogP contribution in [-0.4, -0.2) is 6.04 Å². The van der Waals surface area contributed by atoms with Crippen LogP contribution < -0.4 is 10.5 Å². The first kappa shape index (κ1) is 13.1. The van der Waals surface area contributed by atoms with Gasteiger partial charge in [-0.3, -0.25) is 0 Å². The van der Waals surface area contributed by atoms with E-state index in [0.717, 1.165) is 17.7 Å². The zero-order valence-electron chi connectivity index (χ0n) is 10.8. The largest absolute Gasteiger partial charge is 0.484 e. The van der Waals surface area contributed by atoms with Gasteiger partial charge in [-0.25, -0.2) is 0 Å². The van der Waals surface area contributed by atoms with E-state index in [0.29, 0.717) is 0 Å². The highest BCUT2D eigenvalue weighted by atomic mass is 32.1. The third kappa shape index (κ3) is 3.12. The summed E-state index contributed by atoms with van der Waals surface area (Å²) in [7, 11) is 0. The van der Waals surface area contributed by atoms with E-state index < -0.39 is 0 Å².